The second-order valence-electron chi connectivity index (χ2n) is 9.69. The summed E-state index contributed by atoms with van der Waals surface area (Å²) in [5, 5.41) is 18.9. The number of aliphatic hydroxyl groups excluding tert-OH is 1. The highest BCUT2D eigenvalue weighted by atomic mass is 16.6. The van der Waals surface area contributed by atoms with Crippen LogP contribution in [0.5, 0.6) is 5.75 Å². The summed E-state index contributed by atoms with van der Waals surface area (Å²) in [7, 11) is 0. The minimum Gasteiger partial charge on any atom is -0.487 e. The maximum atomic E-state index is 12.4. The summed E-state index contributed by atoms with van der Waals surface area (Å²) < 4.78 is 12.1. The zero-order valence-corrected chi connectivity index (χ0v) is 18.3. The number of hydrogen-bond donors (Lipinski definition) is 4. The zero-order chi connectivity index (χ0) is 22.1. The molecule has 2 aliphatic carbocycles. The van der Waals surface area contributed by atoms with E-state index in [2.05, 4.69) is 16.0 Å². The molecule has 2 heterocycles. The maximum absolute atomic E-state index is 12.4. The molecule has 174 valence electrons. The van der Waals surface area contributed by atoms with Crippen LogP contribution in [-0.4, -0.2) is 54.6 Å². The Morgan fingerprint density at radius 2 is 1.94 bits per heavy atom. The SMILES string of the molecule is O=C(C[C@H]1C[C@H]2c3cc(NC(=O)NC4CCCC4)ccc3O[C@H]2[C@H](CO)O1)NCC1CC1. The van der Waals surface area contributed by atoms with Crippen molar-refractivity contribution in [2.24, 2.45) is 5.92 Å². The van der Waals surface area contributed by atoms with Gasteiger partial charge in [-0.15, -0.1) is 0 Å². The van der Waals surface area contributed by atoms with Crippen LogP contribution in [0, 0.1) is 5.92 Å². The second kappa shape index (κ2) is 9.27. The lowest BCUT2D eigenvalue weighted by Crippen LogP contribution is -2.47. The molecule has 1 aromatic rings. The van der Waals surface area contributed by atoms with Crippen molar-refractivity contribution in [2.75, 3.05) is 18.5 Å². The molecule has 1 saturated heterocycles. The summed E-state index contributed by atoms with van der Waals surface area (Å²) >= 11 is 0. The van der Waals surface area contributed by atoms with Gasteiger partial charge in [0.2, 0.25) is 5.91 Å². The van der Waals surface area contributed by atoms with Crippen LogP contribution in [0.3, 0.4) is 0 Å². The van der Waals surface area contributed by atoms with Gasteiger partial charge in [0.25, 0.3) is 0 Å². The van der Waals surface area contributed by atoms with Crippen molar-refractivity contribution in [3.63, 3.8) is 0 Å². The van der Waals surface area contributed by atoms with Gasteiger partial charge in [-0.1, -0.05) is 12.8 Å². The molecule has 8 nitrogen and oxygen atoms in total. The number of carbonyl (C=O) groups excluding carboxylic acids is 2. The topological polar surface area (TPSA) is 109 Å². The summed E-state index contributed by atoms with van der Waals surface area (Å²) in [6.45, 7) is 0.579. The molecule has 0 aromatic heterocycles. The van der Waals surface area contributed by atoms with Crippen molar-refractivity contribution in [2.45, 2.75) is 81.6 Å². The molecule has 0 unspecified atom stereocenters. The molecule has 0 bridgehead atoms. The first-order chi connectivity index (χ1) is 15.6. The molecule has 3 fully saturated rings. The minimum atomic E-state index is -0.482. The Bertz CT molecular complexity index is 852. The van der Waals surface area contributed by atoms with Crippen LogP contribution in [0.2, 0.25) is 0 Å². The van der Waals surface area contributed by atoms with E-state index < -0.39 is 6.10 Å². The van der Waals surface area contributed by atoms with Crippen molar-refractivity contribution in [3.05, 3.63) is 23.8 Å². The largest absolute Gasteiger partial charge is 0.487 e. The highest BCUT2D eigenvalue weighted by molar-refractivity contribution is 5.89. The second-order valence-corrected chi connectivity index (χ2v) is 9.69. The average molecular weight is 444 g/mol. The molecule has 32 heavy (non-hydrogen) atoms. The van der Waals surface area contributed by atoms with Crippen LogP contribution >= 0.6 is 0 Å². The number of nitrogens with one attached hydrogen (secondary N) is 3. The Labute approximate surface area is 188 Å². The summed E-state index contributed by atoms with van der Waals surface area (Å²) in [5.74, 6) is 1.39. The van der Waals surface area contributed by atoms with Gasteiger partial charge in [0.05, 0.1) is 19.1 Å². The number of rotatable bonds is 7. The summed E-state index contributed by atoms with van der Waals surface area (Å²) in [6, 6.07) is 5.73. The van der Waals surface area contributed by atoms with Crippen LogP contribution in [-0.2, 0) is 9.53 Å². The van der Waals surface area contributed by atoms with Gasteiger partial charge in [0.1, 0.15) is 18.0 Å². The van der Waals surface area contributed by atoms with Gasteiger partial charge in [-0.05, 0) is 56.2 Å². The molecule has 0 radical (unpaired) electrons. The summed E-state index contributed by atoms with van der Waals surface area (Å²) in [4.78, 5) is 24.7. The summed E-state index contributed by atoms with van der Waals surface area (Å²) in [5.41, 5.74) is 1.72. The zero-order valence-electron chi connectivity index (χ0n) is 18.3. The lowest BCUT2D eigenvalue weighted by Gasteiger charge is -2.37. The lowest BCUT2D eigenvalue weighted by molar-refractivity contribution is -0.142. The van der Waals surface area contributed by atoms with Gasteiger partial charge >= 0.3 is 6.03 Å². The van der Waals surface area contributed by atoms with Crippen molar-refractivity contribution >= 4 is 17.6 Å². The molecule has 4 atom stereocenters. The molecular weight excluding hydrogens is 410 g/mol. The van der Waals surface area contributed by atoms with E-state index in [1.807, 2.05) is 18.2 Å². The van der Waals surface area contributed by atoms with Crippen LogP contribution in [0.4, 0.5) is 10.5 Å². The number of aliphatic hydroxyl groups is 1. The van der Waals surface area contributed by atoms with Gasteiger partial charge in [-0.25, -0.2) is 4.79 Å². The molecule has 3 amide bonds. The quantitative estimate of drug-likeness (QED) is 0.518. The highest BCUT2D eigenvalue weighted by Gasteiger charge is 2.46. The normalized spacial score (nSPS) is 29.0. The third-order valence-corrected chi connectivity index (χ3v) is 7.15. The predicted molar refractivity (Wildman–Crippen MR) is 119 cm³/mol. The summed E-state index contributed by atoms with van der Waals surface area (Å²) in [6.07, 6.45) is 6.67. The van der Waals surface area contributed by atoms with E-state index in [1.165, 1.54) is 12.8 Å². The molecule has 4 aliphatic rings. The van der Waals surface area contributed by atoms with Crippen LogP contribution < -0.4 is 20.7 Å². The first-order valence-electron chi connectivity index (χ1n) is 12.0. The average Bonchev–Trinajstić information content (AvgIpc) is 3.35. The van der Waals surface area contributed by atoms with Gasteiger partial charge in [-0.2, -0.15) is 0 Å². The third-order valence-electron chi connectivity index (χ3n) is 7.15. The Balaban J connectivity index is 1.24. The van der Waals surface area contributed by atoms with Crippen molar-refractivity contribution in [1.82, 2.24) is 10.6 Å². The van der Waals surface area contributed by atoms with Crippen LogP contribution in [0.15, 0.2) is 18.2 Å². The number of urea groups is 1. The Hall–Kier alpha value is -2.32. The molecule has 2 saturated carbocycles. The number of amides is 3. The number of ether oxygens (including phenoxy) is 2. The van der Waals surface area contributed by atoms with E-state index in [-0.39, 0.29) is 49.1 Å². The molecular formula is C24H33N3O5. The number of benzene rings is 1. The Kier molecular flexibility index (Phi) is 6.24. The monoisotopic (exact) mass is 443 g/mol. The standard InChI is InChI=1S/C24H33N3O5/c28-13-21-23-19(10-17(31-21)11-22(29)25-12-14-5-6-14)18-9-16(7-8-20(18)32-23)27-24(30)26-15-3-1-2-4-15/h7-9,14-15,17,19,21,23,28H,1-6,10-13H2,(H,25,29)(H2,26,27,30)/t17-,19+,21+,23-/m1/s1. The van der Waals surface area contributed by atoms with Gasteiger partial charge in [0, 0.05) is 29.8 Å². The number of fused-ring (bicyclic) bond motifs is 3. The Morgan fingerprint density at radius 1 is 1.12 bits per heavy atom. The molecule has 8 heteroatoms. The van der Waals surface area contributed by atoms with Gasteiger partial charge in [0.15, 0.2) is 0 Å². The van der Waals surface area contributed by atoms with E-state index in [9.17, 15) is 14.7 Å². The molecule has 2 aliphatic heterocycles. The molecule has 0 spiro atoms. The van der Waals surface area contributed by atoms with Crippen LogP contribution in [0.1, 0.15) is 62.8 Å². The smallest absolute Gasteiger partial charge is 0.319 e. The number of hydrogen-bond acceptors (Lipinski definition) is 5. The van der Waals surface area contributed by atoms with E-state index >= 15 is 0 Å². The van der Waals surface area contributed by atoms with Crippen LogP contribution in [0.25, 0.3) is 0 Å². The third kappa shape index (κ3) is 4.86. The van der Waals surface area contributed by atoms with Crippen molar-refractivity contribution in [3.8, 4) is 5.75 Å². The van der Waals surface area contributed by atoms with Crippen molar-refractivity contribution in [1.29, 1.82) is 0 Å². The fourth-order valence-corrected chi connectivity index (χ4v) is 5.25. The molecule has 5 rings (SSSR count). The number of anilines is 1. The Morgan fingerprint density at radius 3 is 2.69 bits per heavy atom. The van der Waals surface area contributed by atoms with Gasteiger partial charge < -0.3 is 30.5 Å². The first-order valence-corrected chi connectivity index (χ1v) is 12.0. The van der Waals surface area contributed by atoms with E-state index in [4.69, 9.17) is 9.47 Å². The van der Waals surface area contributed by atoms with Gasteiger partial charge in [-0.3, -0.25) is 4.79 Å². The molecule has 1 aromatic carbocycles. The van der Waals surface area contributed by atoms with E-state index in [0.717, 1.165) is 43.5 Å². The van der Waals surface area contributed by atoms with E-state index in [0.29, 0.717) is 18.0 Å². The first kappa shape index (κ1) is 21.5. The van der Waals surface area contributed by atoms with Crippen molar-refractivity contribution < 1.29 is 24.2 Å². The fraction of sp³-hybridized carbons (Fsp3) is 0.667. The minimum absolute atomic E-state index is 0.00446. The lowest BCUT2D eigenvalue weighted by atomic mass is 9.84. The van der Waals surface area contributed by atoms with E-state index in [1.54, 1.807) is 0 Å². The maximum Gasteiger partial charge on any atom is 0.319 e. The number of carbonyl (C=O) groups is 2. The molecule has 4 N–H and O–H groups in total. The predicted octanol–water partition coefficient (Wildman–Crippen LogP) is 2.66. The highest BCUT2D eigenvalue weighted by Crippen LogP contribution is 2.47. The fourth-order valence-electron chi connectivity index (χ4n) is 5.25.